The summed E-state index contributed by atoms with van der Waals surface area (Å²) in [5.41, 5.74) is 2.99. The highest BCUT2D eigenvalue weighted by Crippen LogP contribution is 2.50. The van der Waals surface area contributed by atoms with Crippen molar-refractivity contribution < 1.29 is 91.7 Å². The normalized spacial score (nSPS) is 23.9. The number of para-hydroxylation sites is 4. The Bertz CT molecular complexity index is 4720. The first kappa shape index (κ1) is 89.5. The van der Waals surface area contributed by atoms with Crippen molar-refractivity contribution in [3.8, 4) is 32.9 Å². The van der Waals surface area contributed by atoms with Crippen LogP contribution in [0.25, 0.3) is 43.2 Å². The number of alkyl carbamates (subject to hydrolysis) is 1. The van der Waals surface area contributed by atoms with Gasteiger partial charge in [-0.2, -0.15) is 0 Å². The average Bonchev–Trinajstić information content (AvgIpc) is 1.57. The summed E-state index contributed by atoms with van der Waals surface area (Å²) in [7, 11) is -8.21. The van der Waals surface area contributed by atoms with Gasteiger partial charge in [0.25, 0.3) is 11.8 Å². The van der Waals surface area contributed by atoms with Crippen LogP contribution in [0.1, 0.15) is 167 Å². The van der Waals surface area contributed by atoms with Gasteiger partial charge < -0.3 is 50.4 Å². The van der Waals surface area contributed by atoms with Crippen LogP contribution >= 0.6 is 34.3 Å². The molecule has 14 rings (SSSR count). The van der Waals surface area contributed by atoms with Gasteiger partial charge in [0.15, 0.2) is 0 Å². The Morgan fingerprint density at radius 3 is 1.25 bits per heavy atom. The molecule has 6 saturated carbocycles. The molecule has 0 unspecified atom stereocenters. The molecule has 10 atom stereocenters. The van der Waals surface area contributed by atoms with Crippen molar-refractivity contribution >= 4 is 123 Å². The van der Waals surface area contributed by atoms with Crippen LogP contribution in [0, 0.1) is 22.7 Å². The second-order valence-corrected chi connectivity index (χ2v) is 37.7. The highest BCUT2D eigenvalue weighted by molar-refractivity contribution is 7.91. The average molecular weight is 1690 g/mol. The van der Waals surface area contributed by atoms with Gasteiger partial charge in [0.2, 0.25) is 68.3 Å². The molecule has 6 aliphatic carbocycles. The maximum absolute atomic E-state index is 14.6. The smallest absolute Gasteiger partial charge is 0.408 e. The SMILES string of the molecule is C.C.C.CC(C)(C)[C@H](N)C(=O)N1C[C@H](Oc2nc3ccccc3nc2-c2cccs2)C[C@H]1C(=O)N[C@]1(C(=O)NS(=O)(=O)C2CC2)C[C@H]1C(F)F.CC(C)(C)[C@H](NC(=O)OC1CCCC1)C(=O)N1C[C@H](Oc2nc3ccccc3nc2-c2cccs2)C[C@H]1C(=O)N[C@]1(C(=O)NS(=O)(=O)C2CC2)C[C@H]1C(F)F.O=C(Cl)OC1CCCC1. The van der Waals surface area contributed by atoms with E-state index in [1.54, 1.807) is 59.7 Å². The second kappa shape index (κ2) is 36.0. The fraction of sp³-hybridized carbons (Fsp3) is 0.584. The Labute approximate surface area is 673 Å². The predicted molar refractivity (Wildman–Crippen MR) is 422 cm³/mol. The number of aromatic nitrogens is 4. The molecule has 6 aromatic rings. The van der Waals surface area contributed by atoms with Crippen molar-refractivity contribution in [1.82, 2.24) is 55.1 Å². The summed E-state index contributed by atoms with van der Waals surface area (Å²) in [6, 6.07) is 17.0. The number of rotatable bonds is 23. The van der Waals surface area contributed by atoms with E-state index in [1.165, 1.54) is 32.5 Å². The van der Waals surface area contributed by atoms with Crippen molar-refractivity contribution in [2.45, 2.75) is 250 Å². The Morgan fingerprint density at radius 1 is 0.535 bits per heavy atom. The largest absolute Gasteiger partial charge is 0.471 e. The topological polar surface area (TPSA) is 386 Å². The lowest BCUT2D eigenvalue weighted by molar-refractivity contribution is -0.143. The summed E-state index contributed by atoms with van der Waals surface area (Å²) in [6.07, 6.45) is -0.988. The fourth-order valence-electron chi connectivity index (χ4n) is 14.2. The Balaban J connectivity index is 0.000000231. The number of nitrogens with one attached hydrogen (secondary N) is 5. The van der Waals surface area contributed by atoms with Gasteiger partial charge in [-0.3, -0.25) is 38.2 Å². The van der Waals surface area contributed by atoms with Gasteiger partial charge in [-0.25, -0.2) is 63.9 Å². The van der Waals surface area contributed by atoms with Gasteiger partial charge in [-0.1, -0.05) is 100 Å². The van der Waals surface area contributed by atoms with E-state index in [0.717, 1.165) is 48.3 Å². The number of nitrogens with two attached hydrogens (primary N) is 1. The number of benzene rings is 2. The predicted octanol–water partition coefficient (Wildman–Crippen LogP) is 11.6. The van der Waals surface area contributed by atoms with Gasteiger partial charge in [0.05, 0.1) is 73.3 Å². The van der Waals surface area contributed by atoms with Gasteiger partial charge in [-0.15, -0.1) is 22.7 Å². The van der Waals surface area contributed by atoms with Gasteiger partial charge in [0.1, 0.15) is 65.0 Å². The number of hydrogen-bond acceptors (Lipinski definition) is 23. The molecule has 624 valence electrons. The number of halogens is 5. The number of carbonyl (C=O) groups is 8. The summed E-state index contributed by atoms with van der Waals surface area (Å²) in [6.45, 7) is 10.2. The van der Waals surface area contributed by atoms with Crippen LogP contribution in [0.2, 0.25) is 0 Å². The molecule has 4 aromatic heterocycles. The molecule has 0 bridgehead atoms. The molecule has 8 aliphatic rings. The molecule has 6 heterocycles. The number of hydrogen-bond donors (Lipinski definition) is 6. The Morgan fingerprint density at radius 2 is 0.912 bits per heavy atom. The quantitative estimate of drug-likeness (QED) is 0.0256. The van der Waals surface area contributed by atoms with E-state index in [4.69, 9.17) is 51.2 Å². The number of likely N-dealkylation sites (tertiary alicyclic amines) is 2. The van der Waals surface area contributed by atoms with Gasteiger partial charge >= 0.3 is 11.5 Å². The van der Waals surface area contributed by atoms with Gasteiger partial charge in [0, 0.05) is 24.4 Å². The molecule has 2 aliphatic heterocycles. The summed E-state index contributed by atoms with van der Waals surface area (Å²) < 4.78 is 133. The van der Waals surface area contributed by atoms with Crippen molar-refractivity contribution in [2.24, 2.45) is 28.4 Å². The standard InChI is InChI=1S/C37H44F2N6O8S2.C31H36F2N6O6S2.C6H9ClO2.3CH4/c1-36(2,3)29(42-35(49)53-20-9-4-5-10-20)33(47)45-19-21(52-32-28(27-13-8-16-54-27)40-24-11-6-7-12-25(24)41-32)17-26(45)31(46)43-37(18-23(37)30(38)39)34(48)44-55(50,51)22-14-15-22;1-30(2,3)24(34)28(41)39-15-16(45-27-23(22-9-6-12-46-22)35-19-7-4-5-8-20(19)36-27)13-21(39)26(40)37-31(14-18(31)25(32)33)29(42)38-47(43,44)17-10-11-17;7-6(8)9-5-3-1-2-4-5;;;/h6-8,11-13,16,20-23,26,29-30H,4-5,9-10,14-15,17-19H2,1-3H3,(H,42,49)(H,43,46)(H,44,48);4-9,12,16-18,21,24-25H,10-11,13-15,34H2,1-3H3,(H,37,40)(H,38,42);5H,1-4H2;3*1H4/t21-,23+,26+,29-,37-;16-,18+,21+,24-,31-;;;;/m11..../s1. The Hall–Kier alpha value is -8.45. The minimum atomic E-state index is -4.13. The van der Waals surface area contributed by atoms with Crippen LogP contribution in [-0.2, 0) is 58.3 Å². The van der Waals surface area contributed by atoms with Crippen molar-refractivity contribution in [1.29, 1.82) is 0 Å². The lowest BCUT2D eigenvalue weighted by atomic mass is 9.85. The lowest BCUT2D eigenvalue weighted by Gasteiger charge is -2.35. The number of ether oxygens (including phenoxy) is 4. The van der Waals surface area contributed by atoms with Crippen molar-refractivity contribution in [3.05, 3.63) is 83.6 Å². The number of fused-ring (bicyclic) bond motifs is 2. The van der Waals surface area contributed by atoms with E-state index in [-0.39, 0.29) is 72.2 Å². The number of sulfonamides is 2. The summed E-state index contributed by atoms with van der Waals surface area (Å²) in [5.74, 6) is -8.47. The molecule has 0 spiro atoms. The molecule has 0 radical (unpaired) electrons. The van der Waals surface area contributed by atoms with E-state index in [0.29, 0.717) is 72.0 Å². The zero-order valence-electron chi connectivity index (χ0n) is 61.7. The molecule has 2 saturated heterocycles. The number of carbonyl (C=O) groups excluding carboxylic acids is 8. The Kier molecular flexibility index (Phi) is 28.2. The molecule has 28 nitrogen and oxygen atoms in total. The molecule has 114 heavy (non-hydrogen) atoms. The van der Waals surface area contributed by atoms with Crippen LogP contribution in [0.3, 0.4) is 0 Å². The molecule has 7 amide bonds. The van der Waals surface area contributed by atoms with E-state index in [1.807, 2.05) is 74.8 Å². The minimum absolute atomic E-state index is 0. The first-order chi connectivity index (χ1) is 52.4. The van der Waals surface area contributed by atoms with Gasteiger partial charge in [-0.05, 0) is 148 Å². The van der Waals surface area contributed by atoms with Crippen LogP contribution in [-0.4, -0.2) is 190 Å². The molecular formula is C77H101ClF4N12O16S4. The third-order valence-corrected chi connectivity index (χ3v) is 26.6. The summed E-state index contributed by atoms with van der Waals surface area (Å²) >= 11 is 7.84. The van der Waals surface area contributed by atoms with E-state index in [2.05, 4.69) is 20.9 Å². The highest BCUT2D eigenvalue weighted by atomic mass is 35.5. The third-order valence-electron chi connectivity index (χ3n) is 21.1. The maximum atomic E-state index is 14.6. The van der Waals surface area contributed by atoms with Crippen LogP contribution < -0.4 is 40.6 Å². The summed E-state index contributed by atoms with van der Waals surface area (Å²) in [5, 5.41) is 9.71. The fourth-order valence-corrected chi connectivity index (χ4v) is 18.5. The van der Waals surface area contributed by atoms with Crippen molar-refractivity contribution in [2.75, 3.05) is 13.1 Å². The molecule has 7 N–H and O–H groups in total. The third kappa shape index (κ3) is 20.7. The van der Waals surface area contributed by atoms with E-state index >= 15 is 0 Å². The van der Waals surface area contributed by atoms with Crippen LogP contribution in [0.15, 0.2) is 83.6 Å². The molecule has 2 aromatic carbocycles. The van der Waals surface area contributed by atoms with Crippen LogP contribution in [0.5, 0.6) is 11.8 Å². The maximum Gasteiger partial charge on any atom is 0.408 e. The first-order valence-corrected chi connectivity index (χ1v) is 42.1. The lowest BCUT2D eigenvalue weighted by Crippen LogP contribution is -2.60. The molecule has 8 fully saturated rings. The molecular weight excluding hydrogens is 1590 g/mol. The van der Waals surface area contributed by atoms with E-state index in [9.17, 15) is 72.8 Å². The first-order valence-electron chi connectivity index (χ1n) is 36.9. The second-order valence-electron chi connectivity index (χ2n) is 31.6. The number of alkyl halides is 4. The highest BCUT2D eigenvalue weighted by Gasteiger charge is 2.68. The number of thiophene rings is 2. The number of nitrogens with zero attached hydrogens (tertiary/aromatic N) is 6. The van der Waals surface area contributed by atoms with E-state index < -0.39 is 173 Å². The van der Waals surface area contributed by atoms with Crippen LogP contribution in [0.4, 0.5) is 27.2 Å². The van der Waals surface area contributed by atoms with Crippen molar-refractivity contribution in [3.63, 3.8) is 0 Å². The molecule has 37 heteroatoms. The zero-order chi connectivity index (χ0) is 79.9. The minimum Gasteiger partial charge on any atom is -0.471 e. The monoisotopic (exact) mass is 1690 g/mol. The summed E-state index contributed by atoms with van der Waals surface area (Å²) in [4.78, 5) is 129. The number of amides is 7. The zero-order valence-corrected chi connectivity index (χ0v) is 65.7.